The van der Waals surface area contributed by atoms with Crippen LogP contribution in [-0.2, 0) is 14.3 Å². The van der Waals surface area contributed by atoms with Gasteiger partial charge in [0.25, 0.3) is 11.7 Å². The number of halogens is 2. The summed E-state index contributed by atoms with van der Waals surface area (Å²) in [5.41, 5.74) is 0.549. The lowest BCUT2D eigenvalue weighted by atomic mass is 10.1. The van der Waals surface area contributed by atoms with Crippen molar-refractivity contribution in [3.05, 3.63) is 27.7 Å². The van der Waals surface area contributed by atoms with Crippen molar-refractivity contribution < 1.29 is 19.1 Å². The van der Waals surface area contributed by atoms with Crippen LogP contribution in [0, 0.1) is 0 Å². The number of amides is 1. The molecule has 0 N–H and O–H groups in total. The number of anilines is 1. The number of methoxy groups -OCH3 is 1. The van der Waals surface area contributed by atoms with Crippen LogP contribution in [0.1, 0.15) is 16.8 Å². The molecule has 0 unspecified atom stereocenters. The first-order valence-electron chi connectivity index (χ1n) is 6.48. The van der Waals surface area contributed by atoms with Crippen LogP contribution in [0.25, 0.3) is 0 Å². The molecule has 1 aromatic rings. The Morgan fingerprint density at radius 3 is 2.52 bits per heavy atom. The highest BCUT2D eigenvalue weighted by Gasteiger charge is 2.38. The first-order chi connectivity index (χ1) is 10.1. The van der Waals surface area contributed by atoms with Crippen molar-refractivity contribution in [1.82, 2.24) is 0 Å². The van der Waals surface area contributed by atoms with Crippen molar-refractivity contribution in [3.63, 3.8) is 0 Å². The van der Waals surface area contributed by atoms with Crippen LogP contribution in [-0.4, -0.2) is 45.2 Å². The maximum atomic E-state index is 12.0. The van der Waals surface area contributed by atoms with E-state index in [0.717, 1.165) is 6.42 Å². The molecule has 1 amide bonds. The van der Waals surface area contributed by atoms with E-state index >= 15 is 0 Å². The molecule has 21 heavy (non-hydrogen) atoms. The second-order valence-electron chi connectivity index (χ2n) is 4.50. The highest BCUT2D eigenvalue weighted by atomic mass is 35.5. The average molecular weight is 332 g/mol. The van der Waals surface area contributed by atoms with Crippen LogP contribution in [0.15, 0.2) is 12.1 Å². The van der Waals surface area contributed by atoms with Crippen molar-refractivity contribution in [2.45, 2.75) is 6.42 Å². The van der Waals surface area contributed by atoms with Gasteiger partial charge < -0.3 is 14.4 Å². The summed E-state index contributed by atoms with van der Waals surface area (Å²) < 4.78 is 10.3. The second-order valence-corrected chi connectivity index (χ2v) is 5.31. The molecule has 114 valence electrons. The van der Waals surface area contributed by atoms with E-state index in [-0.39, 0.29) is 17.1 Å². The molecule has 0 bridgehead atoms. The lowest BCUT2D eigenvalue weighted by Crippen LogP contribution is -2.33. The third-order valence-electron chi connectivity index (χ3n) is 3.11. The number of Topliss-reactive ketones (excluding diaryl/α,β-unsaturated/α-hetero) is 1. The van der Waals surface area contributed by atoms with Crippen molar-refractivity contribution in [1.29, 1.82) is 0 Å². The smallest absolute Gasteiger partial charge is 0.299 e. The Morgan fingerprint density at radius 2 is 1.81 bits per heavy atom. The zero-order chi connectivity index (χ0) is 15.4. The Labute approximate surface area is 132 Å². The summed E-state index contributed by atoms with van der Waals surface area (Å²) in [6.07, 6.45) is 0.770. The van der Waals surface area contributed by atoms with Crippen molar-refractivity contribution in [2.24, 2.45) is 0 Å². The van der Waals surface area contributed by atoms with Crippen LogP contribution in [0.2, 0.25) is 10.0 Å². The van der Waals surface area contributed by atoms with Gasteiger partial charge in [-0.3, -0.25) is 9.59 Å². The summed E-state index contributed by atoms with van der Waals surface area (Å²) in [7, 11) is 1.62. The molecule has 0 aromatic heterocycles. The summed E-state index contributed by atoms with van der Waals surface area (Å²) in [5.74, 6) is -1.25. The number of hydrogen-bond donors (Lipinski definition) is 0. The van der Waals surface area contributed by atoms with Gasteiger partial charge in [-0.05, 0) is 18.6 Å². The van der Waals surface area contributed by atoms with Crippen LogP contribution in [0.5, 0.6) is 0 Å². The fourth-order valence-electron chi connectivity index (χ4n) is 2.13. The van der Waals surface area contributed by atoms with Crippen LogP contribution in [0.4, 0.5) is 5.69 Å². The number of carbonyl (C=O) groups is 2. The third kappa shape index (κ3) is 3.37. The van der Waals surface area contributed by atoms with E-state index in [0.29, 0.717) is 30.5 Å². The molecular formula is C14H15Cl2NO4. The standard InChI is InChI=1S/C14H15Cl2NO4/c1-20-6-2-7-21-8-5-17-12-10(16)4-3-9(15)11(12)13(18)14(17)19/h3-4H,2,5-8H2,1H3. The van der Waals surface area contributed by atoms with Gasteiger partial charge in [-0.15, -0.1) is 0 Å². The van der Waals surface area contributed by atoms with Crippen LogP contribution in [0.3, 0.4) is 0 Å². The Bertz CT molecular complexity index is 562. The molecule has 5 nitrogen and oxygen atoms in total. The van der Waals surface area contributed by atoms with E-state index < -0.39 is 11.7 Å². The maximum Gasteiger partial charge on any atom is 0.299 e. The zero-order valence-electron chi connectivity index (χ0n) is 11.5. The fourth-order valence-corrected chi connectivity index (χ4v) is 2.63. The van der Waals surface area contributed by atoms with Gasteiger partial charge in [-0.25, -0.2) is 0 Å². The predicted molar refractivity (Wildman–Crippen MR) is 80.5 cm³/mol. The van der Waals surface area contributed by atoms with E-state index in [9.17, 15) is 9.59 Å². The van der Waals surface area contributed by atoms with E-state index in [1.807, 2.05) is 0 Å². The van der Waals surface area contributed by atoms with E-state index in [1.54, 1.807) is 13.2 Å². The summed E-state index contributed by atoms with van der Waals surface area (Å²) >= 11 is 12.1. The van der Waals surface area contributed by atoms with E-state index in [4.69, 9.17) is 32.7 Å². The fraction of sp³-hybridized carbons (Fsp3) is 0.429. The van der Waals surface area contributed by atoms with Gasteiger partial charge in [0.15, 0.2) is 0 Å². The number of carbonyl (C=O) groups excluding carboxylic acids is 2. The molecule has 0 spiro atoms. The molecule has 1 heterocycles. The Kier molecular flexibility index (Phi) is 5.58. The van der Waals surface area contributed by atoms with Gasteiger partial charge in [-0.2, -0.15) is 0 Å². The van der Waals surface area contributed by atoms with Crippen LogP contribution >= 0.6 is 23.2 Å². The van der Waals surface area contributed by atoms with Gasteiger partial charge in [-0.1, -0.05) is 23.2 Å². The SMILES string of the molecule is COCCCOCCN1C(=O)C(=O)c2c(Cl)ccc(Cl)c21. The summed E-state index contributed by atoms with van der Waals surface area (Å²) in [6.45, 7) is 1.71. The number of rotatable bonds is 7. The average Bonchev–Trinajstić information content (AvgIpc) is 2.72. The second kappa shape index (κ2) is 7.22. The summed E-state index contributed by atoms with van der Waals surface area (Å²) in [4.78, 5) is 25.3. The molecule has 7 heteroatoms. The summed E-state index contributed by atoms with van der Waals surface area (Å²) in [6, 6.07) is 3.08. The number of nitrogens with zero attached hydrogens (tertiary/aromatic N) is 1. The van der Waals surface area contributed by atoms with Gasteiger partial charge >= 0.3 is 0 Å². The maximum absolute atomic E-state index is 12.0. The topological polar surface area (TPSA) is 55.8 Å². The zero-order valence-corrected chi connectivity index (χ0v) is 13.0. The molecule has 2 rings (SSSR count). The largest absolute Gasteiger partial charge is 0.385 e. The van der Waals surface area contributed by atoms with Gasteiger partial charge in [0.2, 0.25) is 0 Å². The molecule has 1 aliphatic rings. The van der Waals surface area contributed by atoms with Crippen molar-refractivity contribution in [2.75, 3.05) is 38.4 Å². The molecule has 0 saturated carbocycles. The lowest BCUT2D eigenvalue weighted by Gasteiger charge is -2.17. The number of ether oxygens (including phenoxy) is 2. The number of benzene rings is 1. The molecule has 1 aromatic carbocycles. The molecular weight excluding hydrogens is 317 g/mol. The molecule has 0 atom stereocenters. The molecule has 0 aliphatic carbocycles. The minimum absolute atomic E-state index is 0.175. The third-order valence-corrected chi connectivity index (χ3v) is 3.73. The molecule has 0 saturated heterocycles. The monoisotopic (exact) mass is 331 g/mol. The molecule has 1 aliphatic heterocycles. The van der Waals surface area contributed by atoms with Crippen molar-refractivity contribution in [3.8, 4) is 0 Å². The van der Waals surface area contributed by atoms with Gasteiger partial charge in [0, 0.05) is 26.9 Å². The molecule has 0 fully saturated rings. The highest BCUT2D eigenvalue weighted by Crippen LogP contribution is 2.39. The van der Waals surface area contributed by atoms with E-state index in [1.165, 1.54) is 11.0 Å². The van der Waals surface area contributed by atoms with Gasteiger partial charge in [0.05, 0.1) is 27.9 Å². The number of fused-ring (bicyclic) bond motifs is 1. The number of hydrogen-bond acceptors (Lipinski definition) is 4. The lowest BCUT2D eigenvalue weighted by molar-refractivity contribution is -0.114. The van der Waals surface area contributed by atoms with Gasteiger partial charge in [0.1, 0.15) is 0 Å². The molecule has 0 radical (unpaired) electrons. The first kappa shape index (κ1) is 16.2. The minimum Gasteiger partial charge on any atom is -0.385 e. The predicted octanol–water partition coefficient (Wildman–Crippen LogP) is 2.58. The van der Waals surface area contributed by atoms with Crippen LogP contribution < -0.4 is 4.90 Å². The van der Waals surface area contributed by atoms with Crippen molar-refractivity contribution >= 4 is 40.6 Å². The Morgan fingerprint density at radius 1 is 1.10 bits per heavy atom. The highest BCUT2D eigenvalue weighted by molar-refractivity contribution is 6.56. The quantitative estimate of drug-likeness (QED) is 0.569. The first-order valence-corrected chi connectivity index (χ1v) is 7.24. The van der Waals surface area contributed by atoms with E-state index in [2.05, 4.69) is 0 Å². The number of ketones is 1. The Hall–Kier alpha value is -1.14. The minimum atomic E-state index is -0.628. The Balaban J connectivity index is 2.04. The normalized spacial score (nSPS) is 14.0. The summed E-state index contributed by atoms with van der Waals surface area (Å²) in [5, 5.41) is 0.559.